The van der Waals surface area contributed by atoms with Crippen LogP contribution in [0.5, 0.6) is 0 Å². The minimum Gasteiger partial charge on any atom is -0.396 e. The molecule has 0 amide bonds. The molecule has 15 heavy (non-hydrogen) atoms. The highest BCUT2D eigenvalue weighted by atomic mass is 16.3. The van der Waals surface area contributed by atoms with Crippen molar-refractivity contribution >= 4 is 11.5 Å². The molecule has 0 atom stereocenters. The second-order valence-corrected chi connectivity index (χ2v) is 3.71. The Morgan fingerprint density at radius 2 is 2.13 bits per heavy atom. The Hall–Kier alpha value is -1.29. The van der Waals surface area contributed by atoms with Crippen LogP contribution in [0, 0.1) is 0 Å². The normalized spacial score (nSPS) is 11.4. The number of rotatable bonds is 5. The molecule has 0 aliphatic rings. The van der Waals surface area contributed by atoms with Gasteiger partial charge in [0, 0.05) is 6.20 Å². The summed E-state index contributed by atoms with van der Waals surface area (Å²) in [7, 11) is 0. The highest BCUT2D eigenvalue weighted by molar-refractivity contribution is 5.61. The van der Waals surface area contributed by atoms with Crippen LogP contribution >= 0.6 is 0 Å². The number of nitrogens with zero attached hydrogens (tertiary/aromatic N) is 1. The van der Waals surface area contributed by atoms with Crippen molar-refractivity contribution in [2.45, 2.75) is 32.2 Å². The predicted octanol–water partition coefficient (Wildman–Crippen LogP) is 1.63. The number of pyridine rings is 1. The molecule has 0 aromatic carbocycles. The van der Waals surface area contributed by atoms with Crippen molar-refractivity contribution in [1.82, 2.24) is 4.98 Å². The first-order valence-electron chi connectivity index (χ1n) is 5.27. The Morgan fingerprint density at radius 1 is 1.47 bits per heavy atom. The van der Waals surface area contributed by atoms with Crippen LogP contribution in [-0.4, -0.2) is 22.2 Å². The first-order chi connectivity index (χ1) is 7.17. The van der Waals surface area contributed by atoms with Crippen LogP contribution in [0.25, 0.3) is 0 Å². The molecular formula is C11H19N3O. The molecule has 0 fully saturated rings. The number of hydrogen-bond donors (Lipinski definition) is 3. The summed E-state index contributed by atoms with van der Waals surface area (Å²) in [6.45, 7) is 4.15. The van der Waals surface area contributed by atoms with Gasteiger partial charge < -0.3 is 16.2 Å². The number of hydrogen-bond acceptors (Lipinski definition) is 4. The van der Waals surface area contributed by atoms with Crippen molar-refractivity contribution in [3.8, 4) is 0 Å². The fourth-order valence-electron chi connectivity index (χ4n) is 1.46. The van der Waals surface area contributed by atoms with Gasteiger partial charge in [-0.2, -0.15) is 0 Å². The number of nitrogens with two attached hydrogens (primary N) is 1. The van der Waals surface area contributed by atoms with Crippen molar-refractivity contribution < 1.29 is 5.11 Å². The van der Waals surface area contributed by atoms with Crippen molar-refractivity contribution in [2.75, 3.05) is 17.7 Å². The third-order valence-electron chi connectivity index (χ3n) is 2.88. The molecule has 0 bridgehead atoms. The summed E-state index contributed by atoms with van der Waals surface area (Å²) in [5, 5.41) is 12.6. The van der Waals surface area contributed by atoms with Gasteiger partial charge in [0.15, 0.2) is 0 Å². The molecule has 84 valence electrons. The summed E-state index contributed by atoms with van der Waals surface area (Å²) in [5.74, 6) is 0.648. The molecule has 4 N–H and O–H groups in total. The Balaban J connectivity index is 2.88. The summed E-state index contributed by atoms with van der Waals surface area (Å²) < 4.78 is 0. The lowest BCUT2D eigenvalue weighted by molar-refractivity contribution is 0.202. The Kier molecular flexibility index (Phi) is 3.91. The molecule has 0 saturated carbocycles. The molecule has 0 saturated heterocycles. The lowest BCUT2D eigenvalue weighted by atomic mass is 9.94. The van der Waals surface area contributed by atoms with E-state index in [0.29, 0.717) is 11.5 Å². The highest BCUT2D eigenvalue weighted by Crippen LogP contribution is 2.23. The smallest absolute Gasteiger partial charge is 0.149 e. The van der Waals surface area contributed by atoms with Gasteiger partial charge in [-0.05, 0) is 25.0 Å². The molecule has 0 spiro atoms. The van der Waals surface area contributed by atoms with E-state index in [1.165, 1.54) is 0 Å². The van der Waals surface area contributed by atoms with Gasteiger partial charge in [0.25, 0.3) is 0 Å². The lowest BCUT2D eigenvalue weighted by Gasteiger charge is -2.31. The van der Waals surface area contributed by atoms with Gasteiger partial charge in [-0.3, -0.25) is 0 Å². The van der Waals surface area contributed by atoms with Crippen molar-refractivity contribution in [2.24, 2.45) is 0 Å². The second kappa shape index (κ2) is 4.98. The van der Waals surface area contributed by atoms with E-state index >= 15 is 0 Å². The van der Waals surface area contributed by atoms with Crippen LogP contribution in [0.4, 0.5) is 11.5 Å². The highest BCUT2D eigenvalue weighted by Gasteiger charge is 2.25. The summed E-state index contributed by atoms with van der Waals surface area (Å²) in [4.78, 5) is 4.16. The summed E-state index contributed by atoms with van der Waals surface area (Å²) in [5.41, 5.74) is 6.08. The van der Waals surface area contributed by atoms with Crippen LogP contribution in [0.2, 0.25) is 0 Å². The van der Waals surface area contributed by atoms with E-state index < -0.39 is 0 Å². The van der Waals surface area contributed by atoms with Crippen LogP contribution < -0.4 is 11.1 Å². The maximum atomic E-state index is 9.40. The minimum absolute atomic E-state index is 0.0794. The summed E-state index contributed by atoms with van der Waals surface area (Å²) in [6, 6.07) is 3.59. The second-order valence-electron chi connectivity index (χ2n) is 3.71. The molecule has 1 aromatic rings. The third-order valence-corrected chi connectivity index (χ3v) is 2.88. The van der Waals surface area contributed by atoms with Gasteiger partial charge in [-0.15, -0.1) is 0 Å². The van der Waals surface area contributed by atoms with Crippen LogP contribution in [0.1, 0.15) is 26.7 Å². The Labute approximate surface area is 90.5 Å². The average Bonchev–Trinajstić information content (AvgIpc) is 2.29. The van der Waals surface area contributed by atoms with Crippen LogP contribution in [0.15, 0.2) is 18.3 Å². The SMILES string of the molecule is CCC(CC)(CO)Nc1ncccc1N. The van der Waals surface area contributed by atoms with E-state index in [-0.39, 0.29) is 12.1 Å². The van der Waals surface area contributed by atoms with E-state index in [4.69, 9.17) is 5.73 Å². The number of anilines is 2. The van der Waals surface area contributed by atoms with Crippen LogP contribution in [-0.2, 0) is 0 Å². The predicted molar refractivity (Wildman–Crippen MR) is 62.7 cm³/mol. The quantitative estimate of drug-likeness (QED) is 0.689. The van der Waals surface area contributed by atoms with Gasteiger partial charge >= 0.3 is 0 Å². The van der Waals surface area contributed by atoms with Gasteiger partial charge in [-0.1, -0.05) is 13.8 Å². The molecular weight excluding hydrogens is 190 g/mol. The number of aliphatic hydroxyl groups excluding tert-OH is 1. The molecule has 0 aliphatic heterocycles. The average molecular weight is 209 g/mol. The largest absolute Gasteiger partial charge is 0.396 e. The van der Waals surface area contributed by atoms with Crippen molar-refractivity contribution in [3.63, 3.8) is 0 Å². The molecule has 0 aliphatic carbocycles. The molecule has 1 aromatic heterocycles. The van der Waals surface area contributed by atoms with Crippen LogP contribution in [0.3, 0.4) is 0 Å². The standard InChI is InChI=1S/C11H19N3O/c1-3-11(4-2,8-15)14-10-9(12)6-5-7-13-10/h5-7,15H,3-4,8,12H2,1-2H3,(H,13,14). The van der Waals surface area contributed by atoms with Crippen molar-refractivity contribution in [3.05, 3.63) is 18.3 Å². The maximum Gasteiger partial charge on any atom is 0.149 e. The number of nitrogens with one attached hydrogen (secondary N) is 1. The minimum atomic E-state index is -0.317. The van der Waals surface area contributed by atoms with E-state index in [0.717, 1.165) is 12.8 Å². The molecule has 4 nitrogen and oxygen atoms in total. The zero-order valence-corrected chi connectivity index (χ0v) is 9.33. The summed E-state index contributed by atoms with van der Waals surface area (Å²) >= 11 is 0. The van der Waals surface area contributed by atoms with Gasteiger partial charge in [-0.25, -0.2) is 4.98 Å². The van der Waals surface area contributed by atoms with Gasteiger partial charge in [0.05, 0.1) is 17.8 Å². The fraction of sp³-hybridized carbons (Fsp3) is 0.545. The van der Waals surface area contributed by atoms with E-state index in [1.54, 1.807) is 18.3 Å². The van der Waals surface area contributed by atoms with E-state index in [9.17, 15) is 5.11 Å². The fourth-order valence-corrected chi connectivity index (χ4v) is 1.46. The Morgan fingerprint density at radius 3 is 2.60 bits per heavy atom. The first kappa shape index (κ1) is 11.8. The molecule has 4 heteroatoms. The number of aliphatic hydroxyl groups is 1. The molecule has 1 heterocycles. The maximum absolute atomic E-state index is 9.40. The topological polar surface area (TPSA) is 71.2 Å². The Bertz CT molecular complexity index is 302. The van der Waals surface area contributed by atoms with E-state index in [2.05, 4.69) is 10.3 Å². The lowest BCUT2D eigenvalue weighted by Crippen LogP contribution is -2.41. The van der Waals surface area contributed by atoms with E-state index in [1.807, 2.05) is 13.8 Å². The van der Waals surface area contributed by atoms with Gasteiger partial charge in [0.1, 0.15) is 5.82 Å². The van der Waals surface area contributed by atoms with Gasteiger partial charge in [0.2, 0.25) is 0 Å². The zero-order valence-electron chi connectivity index (χ0n) is 9.33. The third kappa shape index (κ3) is 2.59. The number of aromatic nitrogens is 1. The molecule has 1 rings (SSSR count). The summed E-state index contributed by atoms with van der Waals surface area (Å²) in [6.07, 6.45) is 3.35. The monoisotopic (exact) mass is 209 g/mol. The molecule has 0 unspecified atom stereocenters. The van der Waals surface area contributed by atoms with Crippen molar-refractivity contribution in [1.29, 1.82) is 0 Å². The number of nitrogen functional groups attached to an aromatic ring is 1. The zero-order chi connectivity index (χ0) is 11.3. The first-order valence-corrected chi connectivity index (χ1v) is 5.27. The molecule has 0 radical (unpaired) electrons.